The predicted molar refractivity (Wildman–Crippen MR) is 82.1 cm³/mol. The molecule has 3 aliphatic rings. The zero-order valence-electron chi connectivity index (χ0n) is 13.3. The number of nitrogens with zero attached hydrogens (tertiary/aromatic N) is 1. The van der Waals surface area contributed by atoms with Gasteiger partial charge in [-0.2, -0.15) is 0 Å². The predicted octanol–water partition coefficient (Wildman–Crippen LogP) is 0.742. The van der Waals surface area contributed by atoms with Gasteiger partial charge in [0.15, 0.2) is 0 Å². The van der Waals surface area contributed by atoms with Crippen LogP contribution in [0.2, 0.25) is 0 Å². The molecular weight excluding hydrogens is 266 g/mol. The van der Waals surface area contributed by atoms with Gasteiger partial charge in [0.1, 0.15) is 0 Å². The van der Waals surface area contributed by atoms with Gasteiger partial charge in [-0.25, -0.2) is 0 Å². The van der Waals surface area contributed by atoms with Crippen LogP contribution in [0.5, 0.6) is 0 Å². The van der Waals surface area contributed by atoms with Gasteiger partial charge < -0.3 is 20.3 Å². The summed E-state index contributed by atoms with van der Waals surface area (Å²) in [6.45, 7) is 4.18. The van der Waals surface area contributed by atoms with E-state index in [1.54, 1.807) is 0 Å². The van der Waals surface area contributed by atoms with E-state index in [4.69, 9.17) is 4.74 Å². The topological polar surface area (TPSA) is 53.6 Å². The summed E-state index contributed by atoms with van der Waals surface area (Å²) in [4.78, 5) is 15.1. The lowest BCUT2D eigenvalue weighted by molar-refractivity contribution is -0.127. The molecule has 5 nitrogen and oxygen atoms in total. The third-order valence-corrected chi connectivity index (χ3v) is 5.57. The van der Waals surface area contributed by atoms with Crippen LogP contribution < -0.4 is 10.6 Å². The highest BCUT2D eigenvalue weighted by Crippen LogP contribution is 2.32. The quantitative estimate of drug-likeness (QED) is 0.803. The van der Waals surface area contributed by atoms with Gasteiger partial charge >= 0.3 is 0 Å². The highest BCUT2D eigenvalue weighted by Gasteiger charge is 2.39. The summed E-state index contributed by atoms with van der Waals surface area (Å²) >= 11 is 0. The zero-order valence-corrected chi connectivity index (χ0v) is 13.3. The molecule has 2 N–H and O–H groups in total. The molecule has 4 unspecified atom stereocenters. The van der Waals surface area contributed by atoms with Crippen LogP contribution in [-0.4, -0.2) is 61.8 Å². The van der Waals surface area contributed by atoms with E-state index in [0.717, 1.165) is 19.4 Å². The van der Waals surface area contributed by atoms with Crippen LogP contribution >= 0.6 is 0 Å². The molecule has 120 valence electrons. The van der Waals surface area contributed by atoms with E-state index in [1.807, 2.05) is 0 Å². The van der Waals surface area contributed by atoms with Crippen molar-refractivity contribution in [3.8, 4) is 0 Å². The smallest absolute Gasteiger partial charge is 0.227 e. The molecular formula is C16H29N3O2. The van der Waals surface area contributed by atoms with E-state index in [9.17, 15) is 4.79 Å². The first-order valence-corrected chi connectivity index (χ1v) is 8.52. The number of amides is 1. The standard InChI is InChI=1S/C16H29N3O2/c1-3-17-15-10-21-9-14(15)16(20)18-11-7-12-5-4-6-13(8-11)19(12)2/h11-15,17H,3-10H2,1-2H3,(H,18,20). The van der Waals surface area contributed by atoms with Gasteiger partial charge in [-0.05, 0) is 39.3 Å². The number of nitrogens with one attached hydrogen (secondary N) is 2. The minimum absolute atomic E-state index is 0.0237. The van der Waals surface area contributed by atoms with Gasteiger partial charge in [-0.1, -0.05) is 13.3 Å². The first kappa shape index (κ1) is 15.3. The molecule has 21 heavy (non-hydrogen) atoms. The van der Waals surface area contributed by atoms with Gasteiger partial charge in [0, 0.05) is 24.2 Å². The van der Waals surface area contributed by atoms with Crippen molar-refractivity contribution in [2.24, 2.45) is 5.92 Å². The molecule has 0 aromatic rings. The van der Waals surface area contributed by atoms with Crippen LogP contribution in [-0.2, 0) is 9.53 Å². The Morgan fingerprint density at radius 3 is 2.62 bits per heavy atom. The van der Waals surface area contributed by atoms with Crippen molar-refractivity contribution in [1.82, 2.24) is 15.5 Å². The molecule has 0 aromatic carbocycles. The third-order valence-electron chi connectivity index (χ3n) is 5.57. The molecule has 3 fully saturated rings. The SMILES string of the molecule is CCNC1COCC1C(=O)NC1CC2CCCC(C1)N2C. The molecule has 0 aliphatic carbocycles. The minimum atomic E-state index is -0.0237. The van der Waals surface area contributed by atoms with Crippen LogP contribution in [0.15, 0.2) is 0 Å². The maximum atomic E-state index is 12.6. The lowest BCUT2D eigenvalue weighted by atomic mass is 9.82. The Bertz CT molecular complexity index is 363. The molecule has 0 spiro atoms. The Morgan fingerprint density at radius 2 is 1.95 bits per heavy atom. The van der Waals surface area contributed by atoms with Crippen molar-refractivity contribution in [2.45, 2.75) is 63.2 Å². The van der Waals surface area contributed by atoms with Gasteiger partial charge in [-0.3, -0.25) is 4.79 Å². The molecule has 0 aromatic heterocycles. The average Bonchev–Trinajstić information content (AvgIpc) is 2.89. The first-order valence-electron chi connectivity index (χ1n) is 8.52. The molecule has 0 radical (unpaired) electrons. The molecule has 4 atom stereocenters. The fourth-order valence-corrected chi connectivity index (χ4v) is 4.32. The van der Waals surface area contributed by atoms with Gasteiger partial charge in [0.2, 0.25) is 5.91 Å². The fourth-order valence-electron chi connectivity index (χ4n) is 4.32. The second kappa shape index (κ2) is 6.63. The number of likely N-dealkylation sites (N-methyl/N-ethyl adjacent to an activating group) is 1. The van der Waals surface area contributed by atoms with E-state index < -0.39 is 0 Å². The molecule has 2 bridgehead atoms. The van der Waals surface area contributed by atoms with Crippen molar-refractivity contribution >= 4 is 5.91 Å². The van der Waals surface area contributed by atoms with E-state index in [1.165, 1.54) is 19.3 Å². The maximum Gasteiger partial charge on any atom is 0.227 e. The second-order valence-electron chi connectivity index (χ2n) is 6.89. The summed E-state index contributed by atoms with van der Waals surface area (Å²) in [7, 11) is 2.25. The van der Waals surface area contributed by atoms with Crippen LogP contribution in [0, 0.1) is 5.92 Å². The zero-order chi connectivity index (χ0) is 14.8. The van der Waals surface area contributed by atoms with E-state index in [-0.39, 0.29) is 17.9 Å². The summed E-state index contributed by atoms with van der Waals surface area (Å²) in [6, 6.07) is 1.85. The van der Waals surface area contributed by atoms with Crippen LogP contribution in [0.25, 0.3) is 0 Å². The largest absolute Gasteiger partial charge is 0.379 e. The lowest BCUT2D eigenvalue weighted by Gasteiger charge is -2.47. The van der Waals surface area contributed by atoms with Crippen molar-refractivity contribution in [2.75, 3.05) is 26.8 Å². The molecule has 1 amide bonds. The van der Waals surface area contributed by atoms with E-state index >= 15 is 0 Å². The van der Waals surface area contributed by atoms with Gasteiger partial charge in [-0.15, -0.1) is 0 Å². The maximum absolute atomic E-state index is 12.6. The third kappa shape index (κ3) is 3.25. The van der Waals surface area contributed by atoms with Crippen molar-refractivity contribution in [3.05, 3.63) is 0 Å². The fraction of sp³-hybridized carbons (Fsp3) is 0.938. The summed E-state index contributed by atoms with van der Waals surface area (Å²) < 4.78 is 5.49. The molecule has 5 heteroatoms. The number of ether oxygens (including phenoxy) is 1. The summed E-state index contributed by atoms with van der Waals surface area (Å²) in [5.41, 5.74) is 0. The first-order chi connectivity index (χ1) is 10.2. The van der Waals surface area contributed by atoms with Crippen LogP contribution in [0.4, 0.5) is 0 Å². The summed E-state index contributed by atoms with van der Waals surface area (Å²) in [5.74, 6) is 0.163. The highest BCUT2D eigenvalue weighted by molar-refractivity contribution is 5.80. The lowest BCUT2D eigenvalue weighted by Crippen LogP contribution is -2.56. The monoisotopic (exact) mass is 295 g/mol. The van der Waals surface area contributed by atoms with Crippen molar-refractivity contribution in [1.29, 1.82) is 0 Å². The van der Waals surface area contributed by atoms with Crippen molar-refractivity contribution in [3.63, 3.8) is 0 Å². The Hall–Kier alpha value is -0.650. The van der Waals surface area contributed by atoms with Crippen LogP contribution in [0.3, 0.4) is 0 Å². The molecule has 3 aliphatic heterocycles. The van der Waals surface area contributed by atoms with Gasteiger partial charge in [0.05, 0.1) is 19.1 Å². The van der Waals surface area contributed by atoms with E-state index in [2.05, 4.69) is 29.5 Å². The summed E-state index contributed by atoms with van der Waals surface area (Å²) in [5, 5.41) is 6.68. The molecule has 3 heterocycles. The molecule has 0 saturated carbocycles. The highest BCUT2D eigenvalue weighted by atomic mass is 16.5. The Kier molecular flexibility index (Phi) is 4.82. The number of rotatable bonds is 4. The van der Waals surface area contributed by atoms with Gasteiger partial charge in [0.25, 0.3) is 0 Å². The molecule has 3 rings (SSSR count). The van der Waals surface area contributed by atoms with Crippen LogP contribution in [0.1, 0.15) is 39.0 Å². The minimum Gasteiger partial charge on any atom is -0.379 e. The number of hydrogen-bond acceptors (Lipinski definition) is 4. The number of hydrogen-bond donors (Lipinski definition) is 2. The average molecular weight is 295 g/mol. The Balaban J connectivity index is 1.55. The van der Waals surface area contributed by atoms with Crippen molar-refractivity contribution < 1.29 is 9.53 Å². The number of carbonyl (C=O) groups is 1. The molecule has 3 saturated heterocycles. The second-order valence-corrected chi connectivity index (χ2v) is 6.89. The Morgan fingerprint density at radius 1 is 1.24 bits per heavy atom. The number of carbonyl (C=O) groups excluding carboxylic acids is 1. The Labute approximate surface area is 127 Å². The van der Waals surface area contributed by atoms with E-state index in [0.29, 0.717) is 31.3 Å². The summed E-state index contributed by atoms with van der Waals surface area (Å²) in [6.07, 6.45) is 6.13. The number of fused-ring (bicyclic) bond motifs is 2. The normalized spacial score (nSPS) is 40.2. The number of piperidine rings is 2.